The number of epoxide rings is 3. The third-order valence-electron chi connectivity index (χ3n) is 2.83. The Labute approximate surface area is 178 Å². The summed E-state index contributed by atoms with van der Waals surface area (Å²) in [6, 6.07) is 0. The van der Waals surface area contributed by atoms with E-state index in [9.17, 15) is 9.59 Å². The molecule has 3 fully saturated rings. The van der Waals surface area contributed by atoms with Crippen molar-refractivity contribution in [3.05, 3.63) is 0 Å². The molecule has 0 aliphatic carbocycles. The van der Waals surface area contributed by atoms with Crippen molar-refractivity contribution in [2.24, 2.45) is 0 Å². The standard InChI is InChI=1S/C6H10O4.C6H14O3.C3H6O.2C2H4O.H2O/c7-5(8)3-1-2-4-6(9)10;7-3-1-5-9-6-2-4-8;1-3-2-4-3;2*1-2-3-1;/h1-4H2,(H,7,8)(H,9,10);7-8H,1-6H2;3H,2H2,1H3;2*1-2H2;1H2. The largest absolute Gasteiger partial charge is 0.481 e. The number of unbranched alkanes of at least 4 members (excludes halogenated alkanes) is 1. The number of aliphatic hydroxyl groups excluding tert-OH is 2. The molecule has 0 saturated carbocycles. The lowest BCUT2D eigenvalue weighted by molar-refractivity contribution is -0.139. The molecule has 11 nitrogen and oxygen atoms in total. The first kappa shape index (κ1) is 33.3. The minimum Gasteiger partial charge on any atom is -0.481 e. The molecule has 3 aliphatic rings. The van der Waals surface area contributed by atoms with Crippen molar-refractivity contribution in [3.8, 4) is 0 Å². The van der Waals surface area contributed by atoms with Crippen LogP contribution in [0.5, 0.6) is 0 Å². The molecule has 1 atom stereocenters. The first-order chi connectivity index (χ1) is 13.9. The van der Waals surface area contributed by atoms with Gasteiger partial charge in [-0.25, -0.2) is 0 Å². The zero-order valence-corrected chi connectivity index (χ0v) is 17.9. The molecule has 0 amide bonds. The molecule has 3 rings (SSSR count). The van der Waals surface area contributed by atoms with Gasteiger partial charge in [0.25, 0.3) is 0 Å². The molecule has 1 unspecified atom stereocenters. The average Bonchev–Trinajstić information content (AvgIpc) is 3.54. The van der Waals surface area contributed by atoms with E-state index in [1.807, 2.05) is 0 Å². The van der Waals surface area contributed by atoms with Crippen molar-refractivity contribution >= 4 is 11.9 Å². The highest BCUT2D eigenvalue weighted by Gasteiger charge is 2.13. The summed E-state index contributed by atoms with van der Waals surface area (Å²) >= 11 is 0. The molecule has 6 N–H and O–H groups in total. The first-order valence-electron chi connectivity index (χ1n) is 9.94. The Morgan fingerprint density at radius 2 is 1.13 bits per heavy atom. The summed E-state index contributed by atoms with van der Waals surface area (Å²) < 4.78 is 18.7. The van der Waals surface area contributed by atoms with Crippen LogP contribution in [0.3, 0.4) is 0 Å². The number of carbonyl (C=O) groups is 2. The summed E-state index contributed by atoms with van der Waals surface area (Å²) in [5.41, 5.74) is 0. The van der Waals surface area contributed by atoms with E-state index in [4.69, 9.17) is 29.9 Å². The van der Waals surface area contributed by atoms with Gasteiger partial charge in [-0.2, -0.15) is 0 Å². The van der Waals surface area contributed by atoms with Crippen LogP contribution in [0.2, 0.25) is 0 Å². The molecule has 0 aromatic carbocycles. The minimum absolute atomic E-state index is 0. The van der Waals surface area contributed by atoms with Crippen molar-refractivity contribution in [1.82, 2.24) is 0 Å². The van der Waals surface area contributed by atoms with Gasteiger partial charge in [0.05, 0.1) is 39.1 Å². The van der Waals surface area contributed by atoms with E-state index >= 15 is 0 Å². The Morgan fingerprint density at radius 3 is 1.30 bits per heavy atom. The minimum atomic E-state index is -0.870. The highest BCUT2D eigenvalue weighted by molar-refractivity contribution is 5.67. The van der Waals surface area contributed by atoms with E-state index in [1.165, 1.54) is 0 Å². The van der Waals surface area contributed by atoms with Gasteiger partial charge < -0.3 is 44.8 Å². The maximum atomic E-state index is 9.90. The number of hydrogen-bond donors (Lipinski definition) is 4. The topological polar surface area (TPSA) is 193 Å². The van der Waals surface area contributed by atoms with Crippen LogP contribution in [0, 0.1) is 0 Å². The van der Waals surface area contributed by atoms with E-state index < -0.39 is 11.9 Å². The van der Waals surface area contributed by atoms with Crippen LogP contribution in [-0.2, 0) is 28.5 Å². The number of aliphatic carboxylic acids is 2. The van der Waals surface area contributed by atoms with Crippen LogP contribution >= 0.6 is 0 Å². The van der Waals surface area contributed by atoms with Gasteiger partial charge in [-0.05, 0) is 32.6 Å². The Kier molecular flexibility index (Phi) is 30.7. The second-order valence-electron chi connectivity index (χ2n) is 6.13. The maximum Gasteiger partial charge on any atom is 0.303 e. The Morgan fingerprint density at radius 1 is 0.833 bits per heavy atom. The number of ether oxygens (including phenoxy) is 4. The molecule has 3 heterocycles. The molecular weight excluding hydrogens is 404 g/mol. The summed E-state index contributed by atoms with van der Waals surface area (Å²) in [5.74, 6) is -1.74. The number of aliphatic hydroxyl groups is 2. The van der Waals surface area contributed by atoms with Gasteiger partial charge in [0.2, 0.25) is 0 Å². The third kappa shape index (κ3) is 63.2. The Balaban J connectivity index is -0.000000326. The highest BCUT2D eigenvalue weighted by Crippen LogP contribution is 2.04. The fourth-order valence-electron chi connectivity index (χ4n) is 1.08. The fourth-order valence-corrected chi connectivity index (χ4v) is 1.08. The van der Waals surface area contributed by atoms with Crippen LogP contribution < -0.4 is 0 Å². The smallest absolute Gasteiger partial charge is 0.303 e. The van der Waals surface area contributed by atoms with E-state index in [-0.39, 0.29) is 31.5 Å². The zero-order chi connectivity index (χ0) is 22.2. The van der Waals surface area contributed by atoms with Crippen LogP contribution in [0.25, 0.3) is 0 Å². The van der Waals surface area contributed by atoms with Crippen molar-refractivity contribution in [1.29, 1.82) is 0 Å². The maximum absolute atomic E-state index is 9.90. The predicted octanol–water partition coefficient (Wildman–Crippen LogP) is 0.0974. The van der Waals surface area contributed by atoms with Gasteiger partial charge >= 0.3 is 11.9 Å². The van der Waals surface area contributed by atoms with Crippen LogP contribution in [0.4, 0.5) is 0 Å². The monoisotopic (exact) mass is 444 g/mol. The van der Waals surface area contributed by atoms with Gasteiger partial charge in [-0.3, -0.25) is 9.59 Å². The van der Waals surface area contributed by atoms with E-state index in [0.29, 0.717) is 45.0 Å². The summed E-state index contributed by atoms with van der Waals surface area (Å²) in [7, 11) is 0. The molecule has 3 aliphatic heterocycles. The number of carboxylic acids is 2. The normalized spacial score (nSPS) is 16.2. The average molecular weight is 445 g/mol. The highest BCUT2D eigenvalue weighted by atomic mass is 16.6. The molecule has 0 spiro atoms. The number of rotatable bonds is 11. The quantitative estimate of drug-likeness (QED) is 0.251. The van der Waals surface area contributed by atoms with E-state index in [1.54, 1.807) is 0 Å². The number of hydrogen-bond acceptors (Lipinski definition) is 8. The first-order valence-corrected chi connectivity index (χ1v) is 9.94. The summed E-state index contributed by atoms with van der Waals surface area (Å²) in [6.45, 7) is 8.59. The lowest BCUT2D eigenvalue weighted by Gasteiger charge is -1.99. The fraction of sp³-hybridized carbons (Fsp3) is 0.895. The second kappa shape index (κ2) is 27.7. The summed E-state index contributed by atoms with van der Waals surface area (Å²) in [4.78, 5) is 19.8. The van der Waals surface area contributed by atoms with Gasteiger partial charge in [-0.15, -0.1) is 0 Å². The number of carboxylic acid groups (broad SMARTS) is 2. The molecular formula is C19H40O11. The van der Waals surface area contributed by atoms with Gasteiger partial charge in [0, 0.05) is 39.3 Å². The molecule has 11 heteroatoms. The molecule has 0 aromatic heterocycles. The van der Waals surface area contributed by atoms with Crippen LogP contribution in [-0.4, -0.2) is 103 Å². The van der Waals surface area contributed by atoms with Gasteiger partial charge in [-0.1, -0.05) is 0 Å². The van der Waals surface area contributed by atoms with Gasteiger partial charge in [0.1, 0.15) is 0 Å². The second-order valence-corrected chi connectivity index (χ2v) is 6.13. The SMILES string of the molecule is C1CO1.C1CO1.CC1CO1.O.O=C(O)CCCCC(=O)O.OCCCOCCCO. The lowest BCUT2D eigenvalue weighted by atomic mass is 10.2. The van der Waals surface area contributed by atoms with Crippen LogP contribution in [0.1, 0.15) is 45.4 Å². The van der Waals surface area contributed by atoms with E-state index in [2.05, 4.69) is 16.4 Å². The molecule has 0 radical (unpaired) electrons. The Hall–Kier alpha value is -1.34. The van der Waals surface area contributed by atoms with Crippen molar-refractivity contribution in [2.45, 2.75) is 51.6 Å². The molecule has 3 saturated heterocycles. The van der Waals surface area contributed by atoms with Crippen LogP contribution in [0.15, 0.2) is 0 Å². The molecule has 0 aromatic rings. The predicted molar refractivity (Wildman–Crippen MR) is 109 cm³/mol. The van der Waals surface area contributed by atoms with Crippen molar-refractivity contribution in [3.63, 3.8) is 0 Å². The van der Waals surface area contributed by atoms with Crippen molar-refractivity contribution in [2.75, 3.05) is 59.5 Å². The zero-order valence-electron chi connectivity index (χ0n) is 17.9. The molecule has 30 heavy (non-hydrogen) atoms. The molecule has 182 valence electrons. The van der Waals surface area contributed by atoms with E-state index in [0.717, 1.165) is 33.0 Å². The third-order valence-corrected chi connectivity index (χ3v) is 2.83. The van der Waals surface area contributed by atoms with Crippen molar-refractivity contribution < 1.29 is 54.4 Å². The summed E-state index contributed by atoms with van der Waals surface area (Å²) in [6.07, 6.45) is 2.97. The molecule has 0 bridgehead atoms. The Bertz CT molecular complexity index is 325. The lowest BCUT2D eigenvalue weighted by Crippen LogP contribution is -2.00. The summed E-state index contributed by atoms with van der Waals surface area (Å²) in [5, 5.41) is 32.8. The van der Waals surface area contributed by atoms with Gasteiger partial charge in [0.15, 0.2) is 0 Å².